The first-order valence-corrected chi connectivity index (χ1v) is 6.03. The third kappa shape index (κ3) is 2.82. The number of nitrogens with zero attached hydrogens (tertiary/aromatic N) is 2. The molecule has 0 aromatic carbocycles. The summed E-state index contributed by atoms with van der Waals surface area (Å²) in [5.74, 6) is 1.15. The number of aromatic nitrogens is 2. The van der Waals surface area contributed by atoms with Crippen molar-refractivity contribution in [1.82, 2.24) is 9.97 Å². The van der Waals surface area contributed by atoms with Crippen molar-refractivity contribution in [2.45, 2.75) is 18.9 Å². The summed E-state index contributed by atoms with van der Waals surface area (Å²) in [6.07, 6.45) is 3.69. The van der Waals surface area contributed by atoms with Gasteiger partial charge in [0, 0.05) is 19.9 Å². The molecule has 16 heavy (non-hydrogen) atoms. The van der Waals surface area contributed by atoms with Gasteiger partial charge in [-0.2, -0.15) is 4.98 Å². The Hall–Kier alpha value is -0.880. The van der Waals surface area contributed by atoms with Crippen LogP contribution in [0, 0.1) is 0 Å². The number of hydrogen-bond donors (Lipinski definition) is 1. The van der Waals surface area contributed by atoms with Crippen molar-refractivity contribution in [2.24, 2.45) is 0 Å². The van der Waals surface area contributed by atoms with E-state index in [0.717, 1.165) is 30.5 Å². The first-order chi connectivity index (χ1) is 7.79. The number of halogens is 1. The molecule has 1 aromatic heterocycles. The molecule has 5 nitrogen and oxygen atoms in total. The average Bonchev–Trinajstić information content (AvgIpc) is 2.33. The standard InChI is InChI=1S/C10H14BrN3O2/c1-12-10-13-6-8(11)9(14-10)16-7-2-4-15-5-3-7/h6-7H,2-5H2,1H3,(H,12,13,14). The summed E-state index contributed by atoms with van der Waals surface area (Å²) in [6.45, 7) is 1.51. The Bertz CT molecular complexity index is 356. The maximum absolute atomic E-state index is 5.81. The normalized spacial score (nSPS) is 17.1. The molecule has 0 amide bonds. The number of nitrogens with one attached hydrogen (secondary N) is 1. The van der Waals surface area contributed by atoms with E-state index in [1.165, 1.54) is 0 Å². The second-order valence-electron chi connectivity index (χ2n) is 3.53. The van der Waals surface area contributed by atoms with Crippen LogP contribution in [0.15, 0.2) is 10.7 Å². The van der Waals surface area contributed by atoms with Crippen molar-refractivity contribution < 1.29 is 9.47 Å². The molecule has 0 saturated carbocycles. The van der Waals surface area contributed by atoms with Gasteiger partial charge in [0.2, 0.25) is 11.8 Å². The minimum absolute atomic E-state index is 0.185. The topological polar surface area (TPSA) is 56.3 Å². The monoisotopic (exact) mass is 287 g/mol. The SMILES string of the molecule is CNc1ncc(Br)c(OC2CCOCC2)n1. The molecular weight excluding hydrogens is 274 g/mol. The molecule has 1 aliphatic rings. The molecule has 0 aliphatic carbocycles. The van der Waals surface area contributed by atoms with Gasteiger partial charge in [0.25, 0.3) is 0 Å². The van der Waals surface area contributed by atoms with Gasteiger partial charge in [-0.25, -0.2) is 4.98 Å². The Morgan fingerprint density at radius 2 is 2.25 bits per heavy atom. The van der Waals surface area contributed by atoms with Gasteiger partial charge in [-0.15, -0.1) is 0 Å². The van der Waals surface area contributed by atoms with Crippen molar-refractivity contribution in [3.63, 3.8) is 0 Å². The molecule has 0 spiro atoms. The lowest BCUT2D eigenvalue weighted by atomic mass is 10.2. The van der Waals surface area contributed by atoms with Crippen LogP contribution in [0.25, 0.3) is 0 Å². The Kier molecular flexibility index (Phi) is 3.95. The Morgan fingerprint density at radius 3 is 2.94 bits per heavy atom. The summed E-state index contributed by atoms with van der Waals surface area (Å²) >= 11 is 3.38. The summed E-state index contributed by atoms with van der Waals surface area (Å²) in [6, 6.07) is 0. The van der Waals surface area contributed by atoms with Gasteiger partial charge < -0.3 is 14.8 Å². The Labute approximate surface area is 103 Å². The maximum Gasteiger partial charge on any atom is 0.233 e. The van der Waals surface area contributed by atoms with Crippen LogP contribution in [0.4, 0.5) is 5.95 Å². The summed E-state index contributed by atoms with van der Waals surface area (Å²) < 4.78 is 11.9. The molecule has 0 atom stereocenters. The zero-order valence-electron chi connectivity index (χ0n) is 9.07. The first kappa shape index (κ1) is 11.6. The molecule has 6 heteroatoms. The van der Waals surface area contributed by atoms with Gasteiger partial charge in [-0.3, -0.25) is 0 Å². The van der Waals surface area contributed by atoms with Crippen molar-refractivity contribution in [1.29, 1.82) is 0 Å². The van der Waals surface area contributed by atoms with Gasteiger partial charge in [-0.05, 0) is 15.9 Å². The highest BCUT2D eigenvalue weighted by Crippen LogP contribution is 2.25. The summed E-state index contributed by atoms with van der Waals surface area (Å²) in [4.78, 5) is 8.33. The predicted molar refractivity (Wildman–Crippen MR) is 63.7 cm³/mol. The number of rotatable bonds is 3. The molecule has 0 radical (unpaired) electrons. The minimum atomic E-state index is 0.185. The van der Waals surface area contributed by atoms with Crippen molar-refractivity contribution in [3.8, 4) is 5.88 Å². The fourth-order valence-corrected chi connectivity index (χ4v) is 1.79. The summed E-state index contributed by atoms with van der Waals surface area (Å²) in [5, 5.41) is 2.88. The minimum Gasteiger partial charge on any atom is -0.473 e. The van der Waals surface area contributed by atoms with E-state index >= 15 is 0 Å². The molecule has 1 saturated heterocycles. The fourth-order valence-electron chi connectivity index (χ4n) is 1.51. The Balaban J connectivity index is 2.06. The third-order valence-corrected chi connectivity index (χ3v) is 2.93. The van der Waals surface area contributed by atoms with Crippen LogP contribution in [-0.2, 0) is 4.74 Å². The predicted octanol–water partition coefficient (Wildman–Crippen LogP) is 1.84. The van der Waals surface area contributed by atoms with Crippen LogP contribution in [0.2, 0.25) is 0 Å². The van der Waals surface area contributed by atoms with Crippen LogP contribution < -0.4 is 10.1 Å². The molecule has 1 N–H and O–H groups in total. The third-order valence-electron chi connectivity index (χ3n) is 2.38. The maximum atomic E-state index is 5.81. The van der Waals surface area contributed by atoms with Crippen LogP contribution >= 0.6 is 15.9 Å². The zero-order valence-corrected chi connectivity index (χ0v) is 10.7. The molecular formula is C10H14BrN3O2. The molecule has 2 heterocycles. The molecule has 1 aromatic rings. The lowest BCUT2D eigenvalue weighted by Gasteiger charge is -2.23. The van der Waals surface area contributed by atoms with Gasteiger partial charge in [0.15, 0.2) is 0 Å². The Morgan fingerprint density at radius 1 is 1.50 bits per heavy atom. The van der Waals surface area contributed by atoms with Crippen LogP contribution in [0.5, 0.6) is 5.88 Å². The van der Waals surface area contributed by atoms with Gasteiger partial charge in [-0.1, -0.05) is 0 Å². The molecule has 0 unspecified atom stereocenters. The van der Waals surface area contributed by atoms with Crippen LogP contribution in [0.1, 0.15) is 12.8 Å². The van der Waals surface area contributed by atoms with E-state index in [2.05, 4.69) is 31.2 Å². The van der Waals surface area contributed by atoms with Crippen molar-refractivity contribution in [3.05, 3.63) is 10.7 Å². The fraction of sp³-hybridized carbons (Fsp3) is 0.600. The summed E-state index contributed by atoms with van der Waals surface area (Å²) in [7, 11) is 1.78. The first-order valence-electron chi connectivity index (χ1n) is 5.24. The largest absolute Gasteiger partial charge is 0.473 e. The lowest BCUT2D eigenvalue weighted by Crippen LogP contribution is -2.26. The van der Waals surface area contributed by atoms with Gasteiger partial charge in [0.1, 0.15) is 6.10 Å². The van der Waals surface area contributed by atoms with Crippen LogP contribution in [-0.4, -0.2) is 36.3 Å². The quantitative estimate of drug-likeness (QED) is 0.919. The molecule has 2 rings (SSSR count). The van der Waals surface area contributed by atoms with Gasteiger partial charge in [0.05, 0.1) is 23.9 Å². The van der Waals surface area contributed by atoms with E-state index in [-0.39, 0.29) is 6.10 Å². The second kappa shape index (κ2) is 5.45. The van der Waals surface area contributed by atoms with E-state index in [0.29, 0.717) is 11.8 Å². The van der Waals surface area contributed by atoms with E-state index < -0.39 is 0 Å². The van der Waals surface area contributed by atoms with Crippen molar-refractivity contribution >= 4 is 21.9 Å². The second-order valence-corrected chi connectivity index (χ2v) is 4.38. The van der Waals surface area contributed by atoms with Crippen molar-refractivity contribution in [2.75, 3.05) is 25.6 Å². The highest BCUT2D eigenvalue weighted by Gasteiger charge is 2.17. The highest BCUT2D eigenvalue weighted by atomic mass is 79.9. The van der Waals surface area contributed by atoms with E-state index in [4.69, 9.17) is 9.47 Å². The molecule has 1 aliphatic heterocycles. The number of anilines is 1. The smallest absolute Gasteiger partial charge is 0.233 e. The van der Waals surface area contributed by atoms with E-state index in [1.54, 1.807) is 13.2 Å². The summed E-state index contributed by atoms with van der Waals surface area (Å²) in [5.41, 5.74) is 0. The molecule has 1 fully saturated rings. The van der Waals surface area contributed by atoms with Crippen LogP contribution in [0.3, 0.4) is 0 Å². The number of ether oxygens (including phenoxy) is 2. The average molecular weight is 288 g/mol. The highest BCUT2D eigenvalue weighted by molar-refractivity contribution is 9.10. The van der Waals surface area contributed by atoms with Gasteiger partial charge >= 0.3 is 0 Å². The zero-order chi connectivity index (χ0) is 11.4. The number of hydrogen-bond acceptors (Lipinski definition) is 5. The van der Waals surface area contributed by atoms with E-state index in [9.17, 15) is 0 Å². The lowest BCUT2D eigenvalue weighted by molar-refractivity contribution is 0.0234. The van der Waals surface area contributed by atoms with E-state index in [1.807, 2.05) is 0 Å². The molecule has 0 bridgehead atoms. The molecule has 88 valence electrons.